The number of benzene rings is 3. The normalized spacial score (nSPS) is 14.3. The SMILES string of the molecule is CC[C@@H](C(=O)NC1CCCC1)N(Cc1ccccc1Cl)C(=O)CN(c1cccc(OC)c1)S(=O)(=O)c1ccccc1. The zero-order valence-electron chi connectivity index (χ0n) is 23.3. The van der Waals surface area contributed by atoms with Crippen LogP contribution in [0, 0.1) is 0 Å². The zero-order valence-corrected chi connectivity index (χ0v) is 24.9. The average molecular weight is 598 g/mol. The Kier molecular flexibility index (Phi) is 10.3. The third-order valence-corrected chi connectivity index (χ3v) is 9.49. The van der Waals surface area contributed by atoms with Gasteiger partial charge in [-0.3, -0.25) is 13.9 Å². The predicted molar refractivity (Wildman–Crippen MR) is 160 cm³/mol. The maximum absolute atomic E-state index is 14.2. The summed E-state index contributed by atoms with van der Waals surface area (Å²) in [7, 11) is -2.67. The summed E-state index contributed by atoms with van der Waals surface area (Å²) in [6, 6.07) is 20.9. The van der Waals surface area contributed by atoms with Gasteiger partial charge in [-0.25, -0.2) is 8.42 Å². The summed E-state index contributed by atoms with van der Waals surface area (Å²) in [5.74, 6) is -0.335. The summed E-state index contributed by atoms with van der Waals surface area (Å²) in [6.07, 6.45) is 4.26. The molecule has 1 atom stereocenters. The first-order chi connectivity index (χ1) is 19.7. The molecule has 0 saturated heterocycles. The molecular weight excluding hydrogens is 562 g/mol. The number of ether oxygens (including phenoxy) is 1. The van der Waals surface area contributed by atoms with Gasteiger partial charge in [0.15, 0.2) is 0 Å². The van der Waals surface area contributed by atoms with Crippen molar-refractivity contribution < 1.29 is 22.7 Å². The second-order valence-corrected chi connectivity index (χ2v) is 12.3. The molecule has 1 aliphatic rings. The molecule has 4 rings (SSSR count). The van der Waals surface area contributed by atoms with Crippen LogP contribution >= 0.6 is 11.6 Å². The fourth-order valence-electron chi connectivity index (χ4n) is 5.11. The quantitative estimate of drug-likeness (QED) is 0.301. The highest BCUT2D eigenvalue weighted by Crippen LogP contribution is 2.28. The fraction of sp³-hybridized carbons (Fsp3) is 0.355. The van der Waals surface area contributed by atoms with Crippen LogP contribution in [0.2, 0.25) is 5.02 Å². The summed E-state index contributed by atoms with van der Waals surface area (Å²) in [5, 5.41) is 3.56. The van der Waals surface area contributed by atoms with Crippen LogP contribution in [-0.4, -0.2) is 50.9 Å². The van der Waals surface area contributed by atoms with E-state index < -0.39 is 28.5 Å². The molecule has 8 nitrogen and oxygen atoms in total. The molecule has 0 bridgehead atoms. The second kappa shape index (κ2) is 13.9. The van der Waals surface area contributed by atoms with Crippen LogP contribution in [0.5, 0.6) is 5.75 Å². The molecule has 3 aromatic carbocycles. The van der Waals surface area contributed by atoms with Gasteiger partial charge in [-0.15, -0.1) is 0 Å². The Bertz CT molecular complexity index is 1440. The van der Waals surface area contributed by atoms with Crippen LogP contribution in [0.4, 0.5) is 5.69 Å². The maximum Gasteiger partial charge on any atom is 0.264 e. The van der Waals surface area contributed by atoms with Crippen molar-refractivity contribution in [1.29, 1.82) is 0 Å². The monoisotopic (exact) mass is 597 g/mol. The molecule has 1 N–H and O–H groups in total. The number of sulfonamides is 1. The molecule has 0 unspecified atom stereocenters. The van der Waals surface area contributed by atoms with Crippen molar-refractivity contribution in [3.8, 4) is 5.75 Å². The van der Waals surface area contributed by atoms with Crippen LogP contribution in [-0.2, 0) is 26.2 Å². The zero-order chi connectivity index (χ0) is 29.4. The van der Waals surface area contributed by atoms with Crippen molar-refractivity contribution >= 4 is 39.1 Å². The van der Waals surface area contributed by atoms with Crippen LogP contribution in [0.15, 0.2) is 83.8 Å². The average Bonchev–Trinajstić information content (AvgIpc) is 3.50. The van der Waals surface area contributed by atoms with Crippen molar-refractivity contribution in [2.24, 2.45) is 0 Å². The first-order valence-electron chi connectivity index (χ1n) is 13.8. The van der Waals surface area contributed by atoms with Gasteiger partial charge in [0.1, 0.15) is 18.3 Å². The van der Waals surface area contributed by atoms with Crippen LogP contribution in [0.25, 0.3) is 0 Å². The first-order valence-corrected chi connectivity index (χ1v) is 15.6. The van der Waals surface area contributed by atoms with E-state index in [0.29, 0.717) is 22.8 Å². The fourth-order valence-corrected chi connectivity index (χ4v) is 6.73. The number of carbonyl (C=O) groups is 2. The van der Waals surface area contributed by atoms with Crippen molar-refractivity contribution in [3.05, 3.63) is 89.4 Å². The minimum absolute atomic E-state index is 0.0410. The summed E-state index contributed by atoms with van der Waals surface area (Å²) in [6.45, 7) is 1.36. The van der Waals surface area contributed by atoms with E-state index in [-0.39, 0.29) is 29.1 Å². The lowest BCUT2D eigenvalue weighted by atomic mass is 10.1. The molecule has 10 heteroatoms. The number of halogens is 1. The van der Waals surface area contributed by atoms with E-state index >= 15 is 0 Å². The smallest absolute Gasteiger partial charge is 0.264 e. The predicted octanol–water partition coefficient (Wildman–Crippen LogP) is 5.41. The molecular formula is C31H36ClN3O5S. The Hall–Kier alpha value is -3.56. The van der Waals surface area contributed by atoms with E-state index in [4.69, 9.17) is 16.3 Å². The summed E-state index contributed by atoms with van der Waals surface area (Å²) in [4.78, 5) is 29.2. The molecule has 0 aliphatic heterocycles. The van der Waals surface area contributed by atoms with Crippen molar-refractivity contribution in [2.75, 3.05) is 18.0 Å². The number of rotatable bonds is 12. The molecule has 0 heterocycles. The number of hydrogen-bond acceptors (Lipinski definition) is 5. The number of methoxy groups -OCH3 is 1. The Labute approximate surface area is 247 Å². The van der Waals surface area contributed by atoms with Gasteiger partial charge in [0.05, 0.1) is 17.7 Å². The van der Waals surface area contributed by atoms with Crippen molar-refractivity contribution in [1.82, 2.24) is 10.2 Å². The molecule has 0 aromatic heterocycles. The lowest BCUT2D eigenvalue weighted by molar-refractivity contribution is -0.140. The number of amides is 2. The van der Waals surface area contributed by atoms with Crippen LogP contribution in [0.1, 0.15) is 44.6 Å². The standard InChI is InChI=1S/C31H36ClN3O5S/c1-3-29(31(37)33-24-13-8-9-14-24)34(21-23-12-7-10-19-28(23)32)30(36)22-35(25-15-11-16-26(20-25)40-2)41(38,39)27-17-5-4-6-18-27/h4-7,10-12,15-20,24,29H,3,8-9,13-14,21-22H2,1-2H3,(H,33,37)/t29-/m0/s1. The van der Waals surface area contributed by atoms with Gasteiger partial charge in [0, 0.05) is 23.7 Å². The highest BCUT2D eigenvalue weighted by atomic mass is 35.5. The molecule has 2 amide bonds. The number of anilines is 1. The third-order valence-electron chi connectivity index (χ3n) is 7.34. The Morgan fingerprint density at radius 2 is 1.68 bits per heavy atom. The van der Waals surface area contributed by atoms with Crippen molar-refractivity contribution in [2.45, 2.75) is 62.6 Å². The van der Waals surface area contributed by atoms with Gasteiger partial charge in [0.25, 0.3) is 10.0 Å². The van der Waals surface area contributed by atoms with Crippen LogP contribution in [0.3, 0.4) is 0 Å². The van der Waals surface area contributed by atoms with E-state index in [0.717, 1.165) is 30.0 Å². The molecule has 1 aliphatic carbocycles. The molecule has 1 saturated carbocycles. The summed E-state index contributed by atoms with van der Waals surface area (Å²) >= 11 is 6.47. The number of hydrogen-bond donors (Lipinski definition) is 1. The highest BCUT2D eigenvalue weighted by molar-refractivity contribution is 7.92. The van der Waals surface area contributed by atoms with E-state index in [9.17, 15) is 18.0 Å². The van der Waals surface area contributed by atoms with E-state index in [1.807, 2.05) is 13.0 Å². The Morgan fingerprint density at radius 3 is 2.34 bits per heavy atom. The van der Waals surface area contributed by atoms with Gasteiger partial charge in [0.2, 0.25) is 11.8 Å². The van der Waals surface area contributed by atoms with E-state index in [1.165, 1.54) is 24.1 Å². The van der Waals surface area contributed by atoms with Gasteiger partial charge in [-0.1, -0.05) is 73.8 Å². The first kappa shape index (κ1) is 30.4. The number of nitrogens with zero attached hydrogens (tertiary/aromatic N) is 2. The van der Waals surface area contributed by atoms with Crippen LogP contribution < -0.4 is 14.4 Å². The molecule has 0 radical (unpaired) electrons. The lowest BCUT2D eigenvalue weighted by Gasteiger charge is -2.34. The second-order valence-electron chi connectivity index (χ2n) is 10.1. The maximum atomic E-state index is 14.2. The lowest BCUT2D eigenvalue weighted by Crippen LogP contribution is -2.53. The third kappa shape index (κ3) is 7.40. The molecule has 1 fully saturated rings. The number of nitrogens with one attached hydrogen (secondary N) is 1. The molecule has 0 spiro atoms. The summed E-state index contributed by atoms with van der Waals surface area (Å²) in [5.41, 5.74) is 0.927. The molecule has 3 aromatic rings. The highest BCUT2D eigenvalue weighted by Gasteiger charge is 2.34. The minimum Gasteiger partial charge on any atom is -0.497 e. The van der Waals surface area contributed by atoms with Gasteiger partial charge in [-0.2, -0.15) is 0 Å². The van der Waals surface area contributed by atoms with E-state index in [2.05, 4.69) is 5.32 Å². The van der Waals surface area contributed by atoms with Gasteiger partial charge >= 0.3 is 0 Å². The summed E-state index contributed by atoms with van der Waals surface area (Å²) < 4.78 is 34.2. The molecule has 218 valence electrons. The van der Waals surface area contributed by atoms with Crippen molar-refractivity contribution in [3.63, 3.8) is 0 Å². The van der Waals surface area contributed by atoms with Gasteiger partial charge < -0.3 is 15.0 Å². The van der Waals surface area contributed by atoms with E-state index in [1.54, 1.807) is 60.7 Å². The van der Waals surface area contributed by atoms with Gasteiger partial charge in [-0.05, 0) is 55.2 Å². The topological polar surface area (TPSA) is 96.0 Å². The largest absolute Gasteiger partial charge is 0.497 e. The minimum atomic E-state index is -4.16. The Balaban J connectivity index is 1.73. The number of carbonyl (C=O) groups excluding carboxylic acids is 2. The molecule has 41 heavy (non-hydrogen) atoms. The Morgan fingerprint density at radius 1 is 1.00 bits per heavy atom.